The minimum atomic E-state index is -0.178. The highest BCUT2D eigenvalue weighted by molar-refractivity contribution is 7.80. The van der Waals surface area contributed by atoms with E-state index >= 15 is 0 Å². The Bertz CT molecular complexity index is 386. The smallest absolute Gasteiger partial charge is 0.128 e. The molecule has 0 aromatic heterocycles. The number of benzene rings is 1. The van der Waals surface area contributed by atoms with Crippen LogP contribution in [0, 0.1) is 11.2 Å². The topological polar surface area (TPSA) is 9.23 Å². The van der Waals surface area contributed by atoms with E-state index in [-0.39, 0.29) is 11.2 Å². The van der Waals surface area contributed by atoms with Crippen molar-refractivity contribution < 1.29 is 9.13 Å². The largest absolute Gasteiger partial charge is 0.376 e. The van der Waals surface area contributed by atoms with Crippen LogP contribution in [0.1, 0.15) is 44.1 Å². The van der Waals surface area contributed by atoms with Crippen LogP contribution in [-0.2, 0) is 11.3 Å². The van der Waals surface area contributed by atoms with Gasteiger partial charge in [-0.15, -0.1) is 0 Å². The summed E-state index contributed by atoms with van der Waals surface area (Å²) in [6.07, 6.45) is 7.56. The van der Waals surface area contributed by atoms with Gasteiger partial charge in [0.1, 0.15) is 5.82 Å². The van der Waals surface area contributed by atoms with E-state index in [0.717, 1.165) is 5.75 Å². The predicted molar refractivity (Wildman–Crippen MR) is 80.0 cm³/mol. The second kappa shape index (κ2) is 7.30. The van der Waals surface area contributed by atoms with Crippen LogP contribution in [0.5, 0.6) is 0 Å². The second-order valence-corrected chi connectivity index (χ2v) is 5.97. The monoisotopic (exact) mass is 282 g/mol. The summed E-state index contributed by atoms with van der Waals surface area (Å²) in [5.41, 5.74) is 0.843. The molecule has 0 aliphatic heterocycles. The molecule has 1 aromatic carbocycles. The molecule has 1 aliphatic carbocycles. The quantitative estimate of drug-likeness (QED) is 0.613. The van der Waals surface area contributed by atoms with E-state index in [2.05, 4.69) is 12.6 Å². The van der Waals surface area contributed by atoms with Crippen LogP contribution in [-0.4, -0.2) is 12.4 Å². The van der Waals surface area contributed by atoms with E-state index in [9.17, 15) is 4.39 Å². The van der Waals surface area contributed by atoms with Crippen LogP contribution in [0.4, 0.5) is 4.39 Å². The molecule has 1 nitrogen and oxygen atoms in total. The average molecular weight is 282 g/mol. The molecule has 0 unspecified atom stereocenters. The first-order chi connectivity index (χ1) is 9.26. The van der Waals surface area contributed by atoms with E-state index < -0.39 is 0 Å². The Morgan fingerprint density at radius 2 is 1.79 bits per heavy atom. The third-order valence-electron chi connectivity index (χ3n) is 4.12. The number of hydrogen-bond acceptors (Lipinski definition) is 2. The van der Waals surface area contributed by atoms with Gasteiger partial charge < -0.3 is 4.74 Å². The summed E-state index contributed by atoms with van der Waals surface area (Å²) in [4.78, 5) is 0. The lowest BCUT2D eigenvalue weighted by Gasteiger charge is -2.30. The molecule has 1 fully saturated rings. The van der Waals surface area contributed by atoms with Crippen LogP contribution in [0.2, 0.25) is 0 Å². The summed E-state index contributed by atoms with van der Waals surface area (Å²) >= 11 is 4.52. The highest BCUT2D eigenvalue weighted by Crippen LogP contribution is 2.36. The Morgan fingerprint density at radius 3 is 2.42 bits per heavy atom. The van der Waals surface area contributed by atoms with Crippen molar-refractivity contribution in [3.8, 4) is 0 Å². The van der Waals surface area contributed by atoms with Crippen molar-refractivity contribution >= 4 is 12.6 Å². The Hall–Kier alpha value is -0.540. The Kier molecular flexibility index (Phi) is 5.71. The van der Waals surface area contributed by atoms with Crippen LogP contribution in [0.15, 0.2) is 24.3 Å². The number of hydrogen-bond donors (Lipinski definition) is 1. The number of rotatable bonds is 5. The molecule has 3 heteroatoms. The zero-order chi connectivity index (χ0) is 13.6. The van der Waals surface area contributed by atoms with E-state index in [4.69, 9.17) is 4.74 Å². The minimum absolute atomic E-state index is 0.178. The van der Waals surface area contributed by atoms with Crippen molar-refractivity contribution in [2.45, 2.75) is 45.1 Å². The lowest BCUT2D eigenvalue weighted by Crippen LogP contribution is -2.28. The minimum Gasteiger partial charge on any atom is -0.376 e. The molecule has 0 atom stereocenters. The van der Waals surface area contributed by atoms with E-state index in [1.165, 1.54) is 44.6 Å². The van der Waals surface area contributed by atoms with Gasteiger partial charge >= 0.3 is 0 Å². The van der Waals surface area contributed by atoms with Crippen molar-refractivity contribution in [2.24, 2.45) is 5.41 Å². The molecule has 0 N–H and O–H groups in total. The summed E-state index contributed by atoms with van der Waals surface area (Å²) < 4.78 is 19.3. The molecular weight excluding hydrogens is 259 g/mol. The van der Waals surface area contributed by atoms with Crippen LogP contribution >= 0.6 is 12.6 Å². The summed E-state index contributed by atoms with van der Waals surface area (Å²) in [6.45, 7) is 1.06. The van der Waals surface area contributed by atoms with Gasteiger partial charge in [0.05, 0.1) is 13.2 Å². The Morgan fingerprint density at radius 1 is 1.11 bits per heavy atom. The number of ether oxygens (including phenoxy) is 1. The summed E-state index contributed by atoms with van der Waals surface area (Å²) in [7, 11) is 0. The normalized spacial score (nSPS) is 19.1. The molecule has 0 spiro atoms. The fraction of sp³-hybridized carbons (Fsp3) is 0.625. The number of thiol groups is 1. The zero-order valence-electron chi connectivity index (χ0n) is 11.4. The highest BCUT2D eigenvalue weighted by atomic mass is 32.1. The first-order valence-corrected chi connectivity index (χ1v) is 7.81. The van der Waals surface area contributed by atoms with Gasteiger partial charge in [0.2, 0.25) is 0 Å². The first-order valence-electron chi connectivity index (χ1n) is 7.18. The van der Waals surface area contributed by atoms with Crippen LogP contribution in [0.3, 0.4) is 0 Å². The van der Waals surface area contributed by atoms with Crippen molar-refractivity contribution in [3.63, 3.8) is 0 Å². The summed E-state index contributed by atoms with van der Waals surface area (Å²) in [5, 5.41) is 0. The molecule has 0 radical (unpaired) electrons. The van der Waals surface area contributed by atoms with Gasteiger partial charge in [0, 0.05) is 11.0 Å². The highest BCUT2D eigenvalue weighted by Gasteiger charge is 2.29. The summed E-state index contributed by atoms with van der Waals surface area (Å²) in [6, 6.07) is 6.83. The Balaban J connectivity index is 1.87. The average Bonchev–Trinajstić information content (AvgIpc) is 2.67. The third-order valence-corrected chi connectivity index (χ3v) is 4.79. The molecule has 0 saturated heterocycles. The maximum Gasteiger partial charge on any atom is 0.128 e. The van der Waals surface area contributed by atoms with Gasteiger partial charge in [-0.2, -0.15) is 12.6 Å². The maximum atomic E-state index is 13.5. The second-order valence-electron chi connectivity index (χ2n) is 5.66. The molecule has 1 saturated carbocycles. The molecule has 0 heterocycles. The van der Waals surface area contributed by atoms with Gasteiger partial charge in [-0.3, -0.25) is 0 Å². The first kappa shape index (κ1) is 14.9. The molecule has 1 aliphatic rings. The predicted octanol–water partition coefficient (Wildman–Crippen LogP) is 4.61. The molecule has 106 valence electrons. The van der Waals surface area contributed by atoms with Gasteiger partial charge in [-0.05, 0) is 24.7 Å². The van der Waals surface area contributed by atoms with Gasteiger partial charge in [0.25, 0.3) is 0 Å². The molecule has 1 aromatic rings. The third kappa shape index (κ3) is 4.22. The van der Waals surface area contributed by atoms with E-state index in [1.807, 2.05) is 6.07 Å². The zero-order valence-corrected chi connectivity index (χ0v) is 12.3. The number of halogens is 1. The standard InChI is InChI=1S/C16H23FOS/c17-15-8-4-3-7-14(15)11-18-12-16(13-19)9-5-1-2-6-10-16/h3-4,7-8,19H,1-2,5-6,9-13H2. The van der Waals surface area contributed by atoms with Crippen LogP contribution in [0.25, 0.3) is 0 Å². The fourth-order valence-electron chi connectivity index (χ4n) is 2.82. The van der Waals surface area contributed by atoms with Gasteiger partial charge in [-0.1, -0.05) is 43.9 Å². The lowest BCUT2D eigenvalue weighted by atomic mass is 9.83. The molecule has 0 amide bonds. The fourth-order valence-corrected chi connectivity index (χ4v) is 3.23. The van der Waals surface area contributed by atoms with Gasteiger partial charge in [0.15, 0.2) is 0 Å². The van der Waals surface area contributed by atoms with Crippen molar-refractivity contribution in [2.75, 3.05) is 12.4 Å². The van der Waals surface area contributed by atoms with Crippen molar-refractivity contribution in [1.29, 1.82) is 0 Å². The summed E-state index contributed by atoms with van der Waals surface area (Å²) in [5.74, 6) is 0.688. The molecule has 0 bridgehead atoms. The van der Waals surface area contributed by atoms with E-state index in [0.29, 0.717) is 18.8 Å². The Labute approximate surface area is 121 Å². The lowest BCUT2D eigenvalue weighted by molar-refractivity contribution is 0.0357. The SMILES string of the molecule is Fc1ccccc1COCC1(CS)CCCCCC1. The van der Waals surface area contributed by atoms with Gasteiger partial charge in [-0.25, -0.2) is 4.39 Å². The van der Waals surface area contributed by atoms with Crippen molar-refractivity contribution in [3.05, 3.63) is 35.6 Å². The molecular formula is C16H23FOS. The van der Waals surface area contributed by atoms with Crippen LogP contribution < -0.4 is 0 Å². The van der Waals surface area contributed by atoms with E-state index in [1.54, 1.807) is 12.1 Å². The van der Waals surface area contributed by atoms with Crippen molar-refractivity contribution in [1.82, 2.24) is 0 Å². The molecule has 19 heavy (non-hydrogen) atoms. The maximum absolute atomic E-state index is 13.5. The molecule has 2 rings (SSSR count).